The zero-order chi connectivity index (χ0) is 19.5. The van der Waals surface area contributed by atoms with Crippen LogP contribution in [0.25, 0.3) is 0 Å². The molecule has 0 radical (unpaired) electrons. The molecule has 2 rings (SSSR count). The van der Waals surface area contributed by atoms with Gasteiger partial charge >= 0.3 is 0 Å². The summed E-state index contributed by atoms with van der Waals surface area (Å²) in [5.74, 6) is -0.698. The van der Waals surface area contributed by atoms with Crippen molar-refractivity contribution in [3.8, 4) is 0 Å². The summed E-state index contributed by atoms with van der Waals surface area (Å²) >= 11 is 5.72. The summed E-state index contributed by atoms with van der Waals surface area (Å²) in [6, 6.07) is 3.42. The van der Waals surface area contributed by atoms with Crippen molar-refractivity contribution in [2.75, 3.05) is 32.7 Å². The second kappa shape index (κ2) is 8.21. The molecule has 146 valence electrons. The van der Waals surface area contributed by atoms with Crippen molar-refractivity contribution in [1.29, 1.82) is 0 Å². The number of hydrogen-bond acceptors (Lipinski definition) is 3. The van der Waals surface area contributed by atoms with Gasteiger partial charge in [-0.3, -0.25) is 4.79 Å². The number of hydrogen-bond donors (Lipinski definition) is 2. The van der Waals surface area contributed by atoms with E-state index < -0.39 is 15.8 Å². The van der Waals surface area contributed by atoms with Gasteiger partial charge in [0.05, 0.1) is 29.6 Å². The van der Waals surface area contributed by atoms with Gasteiger partial charge in [-0.1, -0.05) is 11.6 Å². The summed E-state index contributed by atoms with van der Waals surface area (Å²) in [7, 11) is -3.74. The maximum atomic E-state index is 13.3. The van der Waals surface area contributed by atoms with Gasteiger partial charge < -0.3 is 10.2 Å². The van der Waals surface area contributed by atoms with Crippen LogP contribution in [-0.2, 0) is 14.8 Å². The third-order valence-electron chi connectivity index (χ3n) is 4.11. The van der Waals surface area contributed by atoms with Gasteiger partial charge in [0.15, 0.2) is 6.54 Å². The summed E-state index contributed by atoms with van der Waals surface area (Å²) in [5.41, 5.74) is -0.292. The minimum Gasteiger partial charge on any atom is -0.347 e. The number of quaternary nitrogens is 1. The van der Waals surface area contributed by atoms with Crippen molar-refractivity contribution < 1.29 is 22.5 Å². The van der Waals surface area contributed by atoms with Crippen LogP contribution in [-0.4, -0.2) is 56.9 Å². The average Bonchev–Trinajstić information content (AvgIpc) is 2.74. The van der Waals surface area contributed by atoms with Gasteiger partial charge in [0, 0.05) is 18.5 Å². The Bertz CT molecular complexity index is 765. The largest absolute Gasteiger partial charge is 0.347 e. The summed E-state index contributed by atoms with van der Waals surface area (Å²) in [6.45, 7) is 7.99. The molecule has 1 aromatic rings. The monoisotopic (exact) mass is 406 g/mol. The summed E-state index contributed by atoms with van der Waals surface area (Å²) in [6.07, 6.45) is 0.645. The molecule has 6 nitrogen and oxygen atoms in total. The Morgan fingerprint density at radius 1 is 1.31 bits per heavy atom. The number of sulfonamides is 1. The minimum absolute atomic E-state index is 0.0159. The number of nitrogens with one attached hydrogen (secondary N) is 2. The molecule has 0 aliphatic carbocycles. The Morgan fingerprint density at radius 2 is 2.00 bits per heavy atom. The van der Waals surface area contributed by atoms with Crippen LogP contribution in [0.4, 0.5) is 4.39 Å². The highest BCUT2D eigenvalue weighted by molar-refractivity contribution is 7.89. The Kier molecular flexibility index (Phi) is 6.65. The fourth-order valence-corrected chi connectivity index (χ4v) is 4.67. The van der Waals surface area contributed by atoms with Crippen LogP contribution in [0.5, 0.6) is 0 Å². The van der Waals surface area contributed by atoms with Crippen LogP contribution in [0.3, 0.4) is 0 Å². The third kappa shape index (κ3) is 5.64. The van der Waals surface area contributed by atoms with E-state index in [0.29, 0.717) is 39.1 Å². The molecule has 9 heteroatoms. The zero-order valence-corrected chi connectivity index (χ0v) is 16.9. The summed E-state index contributed by atoms with van der Waals surface area (Å²) in [4.78, 5) is 13.1. The molecule has 26 heavy (non-hydrogen) atoms. The van der Waals surface area contributed by atoms with Crippen molar-refractivity contribution in [2.24, 2.45) is 0 Å². The number of benzene rings is 1. The molecular weight excluding hydrogens is 381 g/mol. The van der Waals surface area contributed by atoms with Crippen molar-refractivity contribution in [2.45, 2.75) is 37.6 Å². The first kappa shape index (κ1) is 21.1. The molecule has 1 fully saturated rings. The molecule has 1 aromatic carbocycles. The third-order valence-corrected chi connectivity index (χ3v) is 6.29. The Hall–Kier alpha value is -1.22. The van der Waals surface area contributed by atoms with Crippen LogP contribution in [0.15, 0.2) is 23.1 Å². The van der Waals surface area contributed by atoms with Gasteiger partial charge in [-0.2, -0.15) is 4.31 Å². The average molecular weight is 407 g/mol. The lowest BCUT2D eigenvalue weighted by Gasteiger charge is -2.23. The van der Waals surface area contributed by atoms with Crippen LogP contribution >= 0.6 is 11.6 Å². The molecule has 0 aromatic heterocycles. The standard InChI is InChI=1S/C17H25ClFN3O3S/c1-17(2,3)20-16(23)12-21-7-4-8-22(10-9-21)26(24,25)13-5-6-15(19)14(18)11-13/h5-6,11H,4,7-10,12H2,1-3H3,(H,20,23)/p+1. The highest BCUT2D eigenvalue weighted by atomic mass is 35.5. The molecule has 0 spiro atoms. The molecule has 1 aliphatic heterocycles. The van der Waals surface area contributed by atoms with Gasteiger partial charge in [0.1, 0.15) is 5.82 Å². The molecule has 1 amide bonds. The quantitative estimate of drug-likeness (QED) is 0.772. The van der Waals surface area contributed by atoms with Gasteiger partial charge in [-0.15, -0.1) is 0 Å². The van der Waals surface area contributed by atoms with Gasteiger partial charge in [0.25, 0.3) is 5.91 Å². The fraction of sp³-hybridized carbons (Fsp3) is 0.588. The SMILES string of the molecule is CC(C)(C)NC(=O)C[NH+]1CCCN(S(=O)(=O)c2ccc(F)c(Cl)c2)CC1. The van der Waals surface area contributed by atoms with E-state index in [-0.39, 0.29) is 21.4 Å². The number of rotatable bonds is 4. The number of carbonyl (C=O) groups excluding carboxylic acids is 1. The van der Waals surface area contributed by atoms with E-state index in [1.54, 1.807) is 0 Å². The van der Waals surface area contributed by atoms with E-state index >= 15 is 0 Å². The van der Waals surface area contributed by atoms with Crippen molar-refractivity contribution in [3.63, 3.8) is 0 Å². The molecule has 2 N–H and O–H groups in total. The molecule has 0 bridgehead atoms. The molecular formula is C17H26ClFN3O3S+. The number of halogens is 2. The predicted molar refractivity (Wildman–Crippen MR) is 98.2 cm³/mol. The maximum absolute atomic E-state index is 13.3. The van der Waals surface area contributed by atoms with Crippen molar-refractivity contribution >= 4 is 27.5 Å². The van der Waals surface area contributed by atoms with Gasteiger partial charge in [-0.05, 0) is 39.0 Å². The second-order valence-corrected chi connectivity index (χ2v) is 9.90. The minimum atomic E-state index is -3.74. The molecule has 1 unspecified atom stereocenters. The van der Waals surface area contributed by atoms with Gasteiger partial charge in [-0.25, -0.2) is 12.8 Å². The lowest BCUT2D eigenvalue weighted by molar-refractivity contribution is -0.889. The number of amides is 1. The topological polar surface area (TPSA) is 70.9 Å². The van der Waals surface area contributed by atoms with Crippen LogP contribution in [0, 0.1) is 5.82 Å². The summed E-state index contributed by atoms with van der Waals surface area (Å²) in [5, 5.41) is 2.71. The number of nitrogens with zero attached hydrogens (tertiary/aromatic N) is 1. The Balaban J connectivity index is 2.03. The molecule has 1 atom stereocenters. The normalized spacial score (nSPS) is 19.8. The van der Waals surface area contributed by atoms with Crippen molar-refractivity contribution in [3.05, 3.63) is 29.0 Å². The smallest absolute Gasteiger partial charge is 0.275 e. The van der Waals surface area contributed by atoms with Crippen LogP contribution < -0.4 is 10.2 Å². The molecule has 1 heterocycles. The molecule has 1 saturated heterocycles. The highest BCUT2D eigenvalue weighted by Gasteiger charge is 2.30. The Labute approximate surface area is 159 Å². The molecule has 0 saturated carbocycles. The van der Waals surface area contributed by atoms with Crippen molar-refractivity contribution in [1.82, 2.24) is 9.62 Å². The summed E-state index contributed by atoms with van der Waals surface area (Å²) < 4.78 is 40.2. The van der Waals surface area contributed by atoms with Crippen LogP contribution in [0.1, 0.15) is 27.2 Å². The second-order valence-electron chi connectivity index (χ2n) is 7.56. The first-order valence-corrected chi connectivity index (χ1v) is 10.4. The van der Waals surface area contributed by atoms with E-state index in [1.807, 2.05) is 20.8 Å². The lowest BCUT2D eigenvalue weighted by atomic mass is 10.1. The zero-order valence-electron chi connectivity index (χ0n) is 15.3. The first-order valence-electron chi connectivity index (χ1n) is 8.59. The fourth-order valence-electron chi connectivity index (χ4n) is 2.92. The lowest BCUT2D eigenvalue weighted by Crippen LogP contribution is -3.13. The van der Waals surface area contributed by atoms with E-state index in [9.17, 15) is 17.6 Å². The maximum Gasteiger partial charge on any atom is 0.275 e. The van der Waals surface area contributed by atoms with Crippen LogP contribution in [0.2, 0.25) is 5.02 Å². The van der Waals surface area contributed by atoms with E-state index in [2.05, 4.69) is 5.32 Å². The first-order chi connectivity index (χ1) is 12.0. The highest BCUT2D eigenvalue weighted by Crippen LogP contribution is 2.22. The van der Waals surface area contributed by atoms with E-state index in [4.69, 9.17) is 11.6 Å². The van der Waals surface area contributed by atoms with Gasteiger partial charge in [0.2, 0.25) is 10.0 Å². The van der Waals surface area contributed by atoms with E-state index in [1.165, 1.54) is 10.4 Å². The van der Waals surface area contributed by atoms with E-state index in [0.717, 1.165) is 17.0 Å². The number of carbonyl (C=O) groups is 1. The molecule has 1 aliphatic rings. The predicted octanol–water partition coefficient (Wildman–Crippen LogP) is 0.673. The Morgan fingerprint density at radius 3 is 2.62 bits per heavy atom.